The Morgan fingerprint density at radius 1 is 1.30 bits per heavy atom. The zero-order valence-electron chi connectivity index (χ0n) is 11.8. The Kier molecular flexibility index (Phi) is 4.40. The summed E-state index contributed by atoms with van der Waals surface area (Å²) in [5, 5.41) is 13.2. The van der Waals surface area contributed by atoms with Gasteiger partial charge in [-0.05, 0) is 25.1 Å². The average molecular weight is 273 g/mol. The van der Waals surface area contributed by atoms with Crippen LogP contribution in [0, 0.1) is 6.92 Å². The lowest BCUT2D eigenvalue weighted by atomic mass is 10.2. The molecule has 5 heteroatoms. The first-order valence-electron chi connectivity index (χ1n) is 6.56. The zero-order chi connectivity index (χ0) is 14.5. The molecule has 1 heterocycles. The van der Waals surface area contributed by atoms with Crippen LogP contribution in [0.25, 0.3) is 0 Å². The van der Waals surface area contributed by atoms with Crippen LogP contribution in [-0.2, 0) is 18.4 Å². The summed E-state index contributed by atoms with van der Waals surface area (Å²) in [6.45, 7) is 3.11. The van der Waals surface area contributed by atoms with Gasteiger partial charge in [0.2, 0.25) is 0 Å². The maximum Gasteiger partial charge on any atom is 0.305 e. The molecule has 0 unspecified atom stereocenters. The Bertz CT molecular complexity index is 575. The van der Waals surface area contributed by atoms with Crippen LogP contribution in [0.1, 0.15) is 17.7 Å². The fourth-order valence-electron chi connectivity index (χ4n) is 2.03. The molecule has 0 saturated heterocycles. The normalized spacial score (nSPS) is 10.5. The van der Waals surface area contributed by atoms with Gasteiger partial charge in [-0.15, -0.1) is 0 Å². The summed E-state index contributed by atoms with van der Waals surface area (Å²) < 4.78 is 1.75. The Labute approximate surface area is 118 Å². The quantitative estimate of drug-likeness (QED) is 0.876. The fourth-order valence-corrected chi connectivity index (χ4v) is 2.03. The van der Waals surface area contributed by atoms with Crippen LogP contribution >= 0.6 is 0 Å². The van der Waals surface area contributed by atoms with Crippen LogP contribution < -0.4 is 4.90 Å². The summed E-state index contributed by atoms with van der Waals surface area (Å²) in [5.41, 5.74) is 3.13. The van der Waals surface area contributed by atoms with E-state index in [1.54, 1.807) is 4.68 Å². The number of benzene rings is 1. The second-order valence-electron chi connectivity index (χ2n) is 4.88. The van der Waals surface area contributed by atoms with E-state index >= 15 is 0 Å². The zero-order valence-corrected chi connectivity index (χ0v) is 11.8. The van der Waals surface area contributed by atoms with Crippen LogP contribution in [-0.4, -0.2) is 27.4 Å². The van der Waals surface area contributed by atoms with Gasteiger partial charge in [0.15, 0.2) is 0 Å². The average Bonchev–Trinajstić information content (AvgIpc) is 2.81. The largest absolute Gasteiger partial charge is 0.481 e. The summed E-state index contributed by atoms with van der Waals surface area (Å²) in [6.07, 6.45) is 2.00. The number of hydrogen-bond acceptors (Lipinski definition) is 3. The summed E-state index contributed by atoms with van der Waals surface area (Å²) in [5.74, 6) is -0.789. The Hall–Kier alpha value is -2.30. The molecule has 0 aliphatic carbocycles. The van der Waals surface area contributed by atoms with E-state index in [0.29, 0.717) is 13.1 Å². The van der Waals surface area contributed by atoms with E-state index < -0.39 is 5.97 Å². The number of carboxylic acid groups (broad SMARTS) is 1. The van der Waals surface area contributed by atoms with Gasteiger partial charge in [-0.1, -0.05) is 17.7 Å². The van der Waals surface area contributed by atoms with Crippen LogP contribution in [0.3, 0.4) is 0 Å². The van der Waals surface area contributed by atoms with Gasteiger partial charge in [-0.3, -0.25) is 9.48 Å². The molecule has 0 saturated carbocycles. The second kappa shape index (κ2) is 6.23. The van der Waals surface area contributed by atoms with Gasteiger partial charge >= 0.3 is 5.97 Å². The number of carbonyl (C=O) groups is 1. The van der Waals surface area contributed by atoms with Crippen LogP contribution in [0.15, 0.2) is 36.5 Å². The topological polar surface area (TPSA) is 58.4 Å². The lowest BCUT2D eigenvalue weighted by molar-refractivity contribution is -0.136. The number of anilines is 1. The van der Waals surface area contributed by atoms with Gasteiger partial charge in [0.05, 0.1) is 18.7 Å². The van der Waals surface area contributed by atoms with Crippen molar-refractivity contribution in [3.63, 3.8) is 0 Å². The lowest BCUT2D eigenvalue weighted by Gasteiger charge is -2.23. The first-order valence-corrected chi connectivity index (χ1v) is 6.56. The van der Waals surface area contributed by atoms with Gasteiger partial charge in [-0.2, -0.15) is 5.10 Å². The van der Waals surface area contributed by atoms with Crippen molar-refractivity contribution in [1.82, 2.24) is 9.78 Å². The van der Waals surface area contributed by atoms with Gasteiger partial charge in [0.25, 0.3) is 0 Å². The molecule has 0 bridgehead atoms. The maximum atomic E-state index is 10.8. The third kappa shape index (κ3) is 3.85. The standard InChI is InChI=1S/C15H19N3O2/c1-12-3-5-14(6-4-12)18(10-8-15(19)20)11-13-7-9-17(2)16-13/h3-7,9H,8,10-11H2,1-2H3,(H,19,20). The number of aliphatic carboxylic acids is 1. The predicted octanol–water partition coefficient (Wildman–Crippen LogP) is 2.21. The van der Waals surface area contributed by atoms with Crippen LogP contribution in [0.5, 0.6) is 0 Å². The number of rotatable bonds is 6. The van der Waals surface area contributed by atoms with Crippen molar-refractivity contribution < 1.29 is 9.90 Å². The predicted molar refractivity (Wildman–Crippen MR) is 77.7 cm³/mol. The molecule has 1 N–H and O–H groups in total. The highest BCUT2D eigenvalue weighted by molar-refractivity contribution is 5.67. The Morgan fingerprint density at radius 3 is 2.55 bits per heavy atom. The number of carboxylic acids is 1. The van der Waals surface area contributed by atoms with Crippen molar-refractivity contribution in [2.45, 2.75) is 19.9 Å². The molecule has 0 aliphatic rings. The number of hydrogen-bond donors (Lipinski definition) is 1. The molecular weight excluding hydrogens is 254 g/mol. The number of aryl methyl sites for hydroxylation is 2. The molecule has 5 nitrogen and oxygen atoms in total. The molecule has 0 fully saturated rings. The fraction of sp³-hybridized carbons (Fsp3) is 0.333. The lowest BCUT2D eigenvalue weighted by Crippen LogP contribution is -2.26. The molecule has 0 amide bonds. The molecule has 20 heavy (non-hydrogen) atoms. The van der Waals surface area contributed by atoms with E-state index in [0.717, 1.165) is 11.4 Å². The third-order valence-electron chi connectivity index (χ3n) is 3.12. The number of nitrogens with zero attached hydrogens (tertiary/aromatic N) is 3. The second-order valence-corrected chi connectivity index (χ2v) is 4.88. The van der Waals surface area contributed by atoms with Gasteiger partial charge in [-0.25, -0.2) is 0 Å². The molecule has 0 radical (unpaired) electrons. The molecule has 106 valence electrons. The maximum absolute atomic E-state index is 10.8. The minimum atomic E-state index is -0.789. The molecule has 0 atom stereocenters. The minimum absolute atomic E-state index is 0.112. The Morgan fingerprint density at radius 2 is 2.00 bits per heavy atom. The van der Waals surface area contributed by atoms with E-state index in [1.165, 1.54) is 5.56 Å². The minimum Gasteiger partial charge on any atom is -0.481 e. The van der Waals surface area contributed by atoms with Gasteiger partial charge < -0.3 is 10.0 Å². The third-order valence-corrected chi connectivity index (χ3v) is 3.12. The van der Waals surface area contributed by atoms with Gasteiger partial charge in [0, 0.05) is 25.5 Å². The molecule has 1 aromatic heterocycles. The molecule has 2 rings (SSSR count). The summed E-state index contributed by atoms with van der Waals surface area (Å²) in [7, 11) is 1.87. The van der Waals surface area contributed by atoms with Gasteiger partial charge in [0.1, 0.15) is 0 Å². The highest BCUT2D eigenvalue weighted by Gasteiger charge is 2.11. The SMILES string of the molecule is Cc1ccc(N(CCC(=O)O)Cc2ccn(C)n2)cc1. The van der Waals surface area contributed by atoms with E-state index in [2.05, 4.69) is 5.10 Å². The van der Waals surface area contributed by atoms with Crippen molar-refractivity contribution in [2.24, 2.45) is 7.05 Å². The monoisotopic (exact) mass is 273 g/mol. The smallest absolute Gasteiger partial charge is 0.305 e. The van der Waals surface area contributed by atoms with Crippen LogP contribution in [0.2, 0.25) is 0 Å². The summed E-state index contributed by atoms with van der Waals surface area (Å²) in [4.78, 5) is 12.8. The van der Waals surface area contributed by atoms with E-state index in [9.17, 15) is 4.79 Å². The van der Waals surface area contributed by atoms with Crippen molar-refractivity contribution in [3.8, 4) is 0 Å². The van der Waals surface area contributed by atoms with Crippen LogP contribution in [0.4, 0.5) is 5.69 Å². The summed E-state index contributed by atoms with van der Waals surface area (Å²) in [6, 6.07) is 10.0. The summed E-state index contributed by atoms with van der Waals surface area (Å²) >= 11 is 0. The highest BCUT2D eigenvalue weighted by atomic mass is 16.4. The highest BCUT2D eigenvalue weighted by Crippen LogP contribution is 2.18. The number of aromatic nitrogens is 2. The molecule has 0 spiro atoms. The van der Waals surface area contributed by atoms with Crippen molar-refractivity contribution in [3.05, 3.63) is 47.8 Å². The molecule has 0 aliphatic heterocycles. The van der Waals surface area contributed by atoms with E-state index in [1.807, 2.05) is 55.4 Å². The Balaban J connectivity index is 2.15. The van der Waals surface area contributed by atoms with Crippen molar-refractivity contribution in [1.29, 1.82) is 0 Å². The first-order chi connectivity index (χ1) is 9.54. The molecular formula is C15H19N3O2. The van der Waals surface area contributed by atoms with Crippen molar-refractivity contribution >= 4 is 11.7 Å². The first kappa shape index (κ1) is 14.1. The van der Waals surface area contributed by atoms with Crippen molar-refractivity contribution in [2.75, 3.05) is 11.4 Å². The molecule has 1 aromatic carbocycles. The molecule has 2 aromatic rings. The van der Waals surface area contributed by atoms with E-state index in [4.69, 9.17) is 5.11 Å². The van der Waals surface area contributed by atoms with E-state index in [-0.39, 0.29) is 6.42 Å².